The van der Waals surface area contributed by atoms with Crippen molar-refractivity contribution >= 4 is 47.5 Å². The summed E-state index contributed by atoms with van der Waals surface area (Å²) in [6, 6.07) is 4.51. The molecule has 2 N–H and O–H groups in total. The predicted molar refractivity (Wildman–Crippen MR) is 97.8 cm³/mol. The lowest BCUT2D eigenvalue weighted by molar-refractivity contribution is -0.143. The summed E-state index contributed by atoms with van der Waals surface area (Å²) < 4.78 is 0. The number of nitrogen functional groups attached to an aromatic ring is 1. The fourth-order valence-corrected chi connectivity index (χ4v) is 3.11. The zero-order chi connectivity index (χ0) is 18.1. The highest BCUT2D eigenvalue weighted by Gasteiger charge is 2.45. The average Bonchev–Trinajstić information content (AvgIpc) is 2.80. The Kier molecular flexibility index (Phi) is 5.66. The van der Waals surface area contributed by atoms with Crippen LogP contribution in [0.4, 0.5) is 16.2 Å². The zero-order valence-electron chi connectivity index (χ0n) is 14.0. The standard InChI is InChI=1S/C17H18N4O4.ClH/c1-2-8-20-15(23)16(24)21(17(20)25)10-14(22)19-9-4-5-11-12(18)6-3-7-13(11)19;/h2-3,6-7H,1,4-5,8-10,18H2;1H. The van der Waals surface area contributed by atoms with Crippen LogP contribution < -0.4 is 10.6 Å². The highest BCUT2D eigenvalue weighted by atomic mass is 35.5. The minimum atomic E-state index is -0.995. The van der Waals surface area contributed by atoms with Gasteiger partial charge >= 0.3 is 17.8 Å². The molecule has 3 rings (SSSR count). The summed E-state index contributed by atoms with van der Waals surface area (Å²) in [5.41, 5.74) is 8.14. The van der Waals surface area contributed by atoms with E-state index in [1.807, 2.05) is 0 Å². The first-order valence-corrected chi connectivity index (χ1v) is 7.91. The van der Waals surface area contributed by atoms with E-state index in [1.165, 1.54) is 11.0 Å². The van der Waals surface area contributed by atoms with Crippen LogP contribution in [-0.4, -0.2) is 53.2 Å². The molecule has 0 spiro atoms. The van der Waals surface area contributed by atoms with Crippen molar-refractivity contribution in [3.8, 4) is 0 Å². The number of hydrogen-bond acceptors (Lipinski definition) is 5. The number of amides is 5. The van der Waals surface area contributed by atoms with E-state index in [2.05, 4.69) is 6.58 Å². The third-order valence-electron chi connectivity index (χ3n) is 4.33. The monoisotopic (exact) mass is 378 g/mol. The van der Waals surface area contributed by atoms with Crippen molar-refractivity contribution in [2.24, 2.45) is 0 Å². The summed E-state index contributed by atoms with van der Waals surface area (Å²) in [7, 11) is 0. The fourth-order valence-electron chi connectivity index (χ4n) is 3.11. The first-order valence-electron chi connectivity index (χ1n) is 7.91. The molecule has 0 radical (unpaired) electrons. The van der Waals surface area contributed by atoms with Crippen LogP contribution in [0.2, 0.25) is 0 Å². The van der Waals surface area contributed by atoms with E-state index in [-0.39, 0.29) is 19.0 Å². The average molecular weight is 379 g/mol. The molecule has 1 saturated heterocycles. The van der Waals surface area contributed by atoms with Crippen LogP contribution >= 0.6 is 12.4 Å². The van der Waals surface area contributed by atoms with E-state index in [0.29, 0.717) is 22.8 Å². The molecular weight excluding hydrogens is 360 g/mol. The number of urea groups is 1. The first-order chi connectivity index (χ1) is 12.0. The molecule has 1 fully saturated rings. The Morgan fingerprint density at radius 1 is 1.19 bits per heavy atom. The highest BCUT2D eigenvalue weighted by molar-refractivity contribution is 6.45. The van der Waals surface area contributed by atoms with E-state index in [1.54, 1.807) is 18.2 Å². The molecule has 138 valence electrons. The fraction of sp³-hybridized carbons (Fsp3) is 0.294. The van der Waals surface area contributed by atoms with Gasteiger partial charge in [0.05, 0.1) is 0 Å². The molecule has 2 aliphatic heterocycles. The van der Waals surface area contributed by atoms with Gasteiger partial charge in [0.25, 0.3) is 0 Å². The summed E-state index contributed by atoms with van der Waals surface area (Å²) >= 11 is 0. The van der Waals surface area contributed by atoms with Crippen molar-refractivity contribution in [2.75, 3.05) is 30.3 Å². The van der Waals surface area contributed by atoms with Crippen molar-refractivity contribution in [1.82, 2.24) is 9.80 Å². The molecule has 9 heteroatoms. The van der Waals surface area contributed by atoms with E-state index in [0.717, 1.165) is 23.3 Å². The second-order valence-corrected chi connectivity index (χ2v) is 5.87. The molecule has 2 aliphatic rings. The number of halogens is 1. The number of fused-ring (bicyclic) bond motifs is 1. The van der Waals surface area contributed by atoms with Crippen LogP contribution in [0, 0.1) is 0 Å². The number of carbonyl (C=O) groups excluding carboxylic acids is 4. The van der Waals surface area contributed by atoms with Crippen LogP contribution in [0.15, 0.2) is 30.9 Å². The lowest BCUT2D eigenvalue weighted by Crippen LogP contribution is -2.45. The Hall–Kier alpha value is -2.87. The normalized spacial score (nSPS) is 16.5. The molecule has 0 aromatic heterocycles. The van der Waals surface area contributed by atoms with Gasteiger partial charge in [0, 0.05) is 24.5 Å². The summed E-state index contributed by atoms with van der Waals surface area (Å²) in [6.45, 7) is 3.36. The second-order valence-electron chi connectivity index (χ2n) is 5.87. The molecule has 0 atom stereocenters. The third kappa shape index (κ3) is 3.15. The van der Waals surface area contributed by atoms with Gasteiger partial charge < -0.3 is 10.6 Å². The molecule has 5 amide bonds. The van der Waals surface area contributed by atoms with Crippen molar-refractivity contribution in [1.29, 1.82) is 0 Å². The number of nitrogens with zero attached hydrogens (tertiary/aromatic N) is 3. The van der Waals surface area contributed by atoms with Crippen LogP contribution in [0.25, 0.3) is 0 Å². The summed E-state index contributed by atoms with van der Waals surface area (Å²) in [6.07, 6.45) is 2.84. The topological polar surface area (TPSA) is 104 Å². The van der Waals surface area contributed by atoms with E-state index < -0.39 is 30.3 Å². The number of rotatable bonds is 4. The molecule has 1 aromatic carbocycles. The Labute approximate surface area is 156 Å². The number of benzene rings is 1. The summed E-state index contributed by atoms with van der Waals surface area (Å²) in [5, 5.41) is 0. The van der Waals surface area contributed by atoms with E-state index >= 15 is 0 Å². The lowest BCUT2D eigenvalue weighted by atomic mass is 10.00. The highest BCUT2D eigenvalue weighted by Crippen LogP contribution is 2.31. The van der Waals surface area contributed by atoms with Gasteiger partial charge in [-0.15, -0.1) is 19.0 Å². The minimum absolute atomic E-state index is 0. The van der Waals surface area contributed by atoms with Gasteiger partial charge in [-0.1, -0.05) is 12.1 Å². The quantitative estimate of drug-likeness (QED) is 0.363. The predicted octanol–water partition coefficient (Wildman–Crippen LogP) is 0.947. The third-order valence-corrected chi connectivity index (χ3v) is 4.33. The van der Waals surface area contributed by atoms with Crippen LogP contribution in [0.3, 0.4) is 0 Å². The number of imide groups is 2. The van der Waals surface area contributed by atoms with Crippen molar-refractivity contribution in [2.45, 2.75) is 12.8 Å². The number of anilines is 2. The van der Waals surface area contributed by atoms with Crippen molar-refractivity contribution in [3.63, 3.8) is 0 Å². The Morgan fingerprint density at radius 2 is 1.88 bits per heavy atom. The number of nitrogens with two attached hydrogens (primary N) is 1. The molecule has 0 bridgehead atoms. The molecular formula is C17H19ClN4O4. The first kappa shape index (κ1) is 19.5. The number of carbonyl (C=O) groups is 4. The smallest absolute Gasteiger partial charge is 0.335 e. The van der Waals surface area contributed by atoms with Gasteiger partial charge in [-0.2, -0.15) is 0 Å². The molecule has 0 saturated carbocycles. The molecule has 26 heavy (non-hydrogen) atoms. The molecule has 0 unspecified atom stereocenters. The van der Waals surface area contributed by atoms with Crippen LogP contribution in [-0.2, 0) is 20.8 Å². The Morgan fingerprint density at radius 3 is 2.58 bits per heavy atom. The molecule has 1 aromatic rings. The van der Waals surface area contributed by atoms with Gasteiger partial charge in [-0.25, -0.2) is 9.69 Å². The molecule has 0 aliphatic carbocycles. The largest absolute Gasteiger partial charge is 0.398 e. The van der Waals surface area contributed by atoms with Crippen molar-refractivity contribution in [3.05, 3.63) is 36.4 Å². The van der Waals surface area contributed by atoms with Crippen molar-refractivity contribution < 1.29 is 19.2 Å². The maximum Gasteiger partial charge on any atom is 0.335 e. The summed E-state index contributed by atoms with van der Waals surface area (Å²) in [5.74, 6) is -2.37. The minimum Gasteiger partial charge on any atom is -0.398 e. The molecule has 8 nitrogen and oxygen atoms in total. The van der Waals surface area contributed by atoms with Gasteiger partial charge in [0.2, 0.25) is 5.91 Å². The van der Waals surface area contributed by atoms with Crippen LogP contribution in [0.5, 0.6) is 0 Å². The van der Waals surface area contributed by atoms with Gasteiger partial charge in [-0.3, -0.25) is 19.3 Å². The Bertz CT molecular complexity index is 795. The summed E-state index contributed by atoms with van der Waals surface area (Å²) in [4.78, 5) is 51.7. The van der Waals surface area contributed by atoms with Gasteiger partial charge in [0.1, 0.15) is 6.54 Å². The maximum atomic E-state index is 12.7. The maximum absolute atomic E-state index is 12.7. The number of hydrogen-bond donors (Lipinski definition) is 1. The Balaban J connectivity index is 0.00000243. The SMILES string of the molecule is C=CCN1C(=O)C(=O)N(CC(=O)N2CCCc3c(N)cccc32)C1=O.Cl. The van der Waals surface area contributed by atoms with Crippen LogP contribution in [0.1, 0.15) is 12.0 Å². The van der Waals surface area contributed by atoms with Gasteiger partial charge in [-0.05, 0) is 30.5 Å². The second kappa shape index (κ2) is 7.57. The lowest BCUT2D eigenvalue weighted by Gasteiger charge is -2.31. The van der Waals surface area contributed by atoms with E-state index in [9.17, 15) is 19.2 Å². The zero-order valence-corrected chi connectivity index (χ0v) is 14.8. The van der Waals surface area contributed by atoms with Gasteiger partial charge in [0.15, 0.2) is 0 Å². The van der Waals surface area contributed by atoms with E-state index in [4.69, 9.17) is 5.73 Å². The molecule has 2 heterocycles.